The lowest BCUT2D eigenvalue weighted by molar-refractivity contribution is 0.364. The molecular weight excluding hydrogens is 299 g/mol. The van der Waals surface area contributed by atoms with Crippen molar-refractivity contribution < 1.29 is 19.4 Å². The van der Waals surface area contributed by atoms with Gasteiger partial charge in [0.15, 0.2) is 0 Å². The molecule has 0 atom stereocenters. The maximum absolute atomic E-state index is 12.5. The van der Waals surface area contributed by atoms with Crippen LogP contribution in [0.5, 0.6) is 0 Å². The molecule has 0 aliphatic carbocycles. The molecule has 0 amide bonds. The molecule has 0 aromatic heterocycles. The largest absolute Gasteiger partial charge is 0.310 e. The van der Waals surface area contributed by atoms with E-state index in [1.165, 1.54) is 0 Å². The lowest BCUT2D eigenvalue weighted by atomic mass is 10.3. The predicted molar refractivity (Wildman–Crippen MR) is 68.5 cm³/mol. The summed E-state index contributed by atoms with van der Waals surface area (Å²) in [5.74, 6) is 0. The SMILES string of the molecule is FS(F)(F)(F)(F)c1ccc(N=Nc2ccccc2)cc1. The van der Waals surface area contributed by atoms with E-state index in [4.69, 9.17) is 0 Å². The van der Waals surface area contributed by atoms with Crippen LogP contribution in [0.3, 0.4) is 0 Å². The molecule has 2 rings (SSSR count). The molecule has 0 heterocycles. The van der Waals surface area contributed by atoms with Crippen molar-refractivity contribution in [1.82, 2.24) is 0 Å². The standard InChI is InChI=1S/C12H9F5N2S/c13-20(14,15,16,17)12-8-6-11(7-9-12)19-18-10-4-2-1-3-5-10/h1-9H. The van der Waals surface area contributed by atoms with E-state index in [1.807, 2.05) is 0 Å². The zero-order chi connectivity index (χ0) is 14.9. The fourth-order valence-electron chi connectivity index (χ4n) is 1.38. The quantitative estimate of drug-likeness (QED) is 0.442. The summed E-state index contributed by atoms with van der Waals surface area (Å²) in [5.41, 5.74) is 0.559. The van der Waals surface area contributed by atoms with Crippen molar-refractivity contribution >= 4 is 21.6 Å². The zero-order valence-corrected chi connectivity index (χ0v) is 10.7. The average molecular weight is 308 g/mol. The molecule has 0 aliphatic rings. The maximum Gasteiger partial charge on any atom is 0.310 e. The van der Waals surface area contributed by atoms with Crippen LogP contribution in [-0.4, -0.2) is 0 Å². The van der Waals surface area contributed by atoms with E-state index >= 15 is 0 Å². The molecule has 0 unspecified atom stereocenters. The van der Waals surface area contributed by atoms with E-state index in [0.29, 0.717) is 17.8 Å². The molecule has 2 nitrogen and oxygen atoms in total. The minimum atomic E-state index is -9.62. The van der Waals surface area contributed by atoms with Gasteiger partial charge in [-0.3, -0.25) is 0 Å². The second kappa shape index (κ2) is 4.02. The predicted octanol–water partition coefficient (Wildman–Crippen LogP) is 6.76. The van der Waals surface area contributed by atoms with E-state index in [9.17, 15) is 19.4 Å². The summed E-state index contributed by atoms with van der Waals surface area (Å²) >= 11 is 0. The van der Waals surface area contributed by atoms with E-state index < -0.39 is 15.1 Å². The Morgan fingerprint density at radius 3 is 1.50 bits per heavy atom. The third-order valence-electron chi connectivity index (χ3n) is 2.32. The molecule has 0 saturated carbocycles. The zero-order valence-electron chi connectivity index (χ0n) is 9.89. The Balaban J connectivity index is 2.25. The van der Waals surface area contributed by atoms with Crippen molar-refractivity contribution in [3.8, 4) is 0 Å². The summed E-state index contributed by atoms with van der Waals surface area (Å²) in [6.45, 7) is 0. The van der Waals surface area contributed by atoms with Gasteiger partial charge in [0.25, 0.3) is 0 Å². The van der Waals surface area contributed by atoms with Gasteiger partial charge in [-0.05, 0) is 36.4 Å². The Bertz CT molecular complexity index is 635. The number of halogens is 5. The summed E-state index contributed by atoms with van der Waals surface area (Å²) in [6.07, 6.45) is 0. The van der Waals surface area contributed by atoms with Gasteiger partial charge in [-0.25, -0.2) is 0 Å². The Morgan fingerprint density at radius 1 is 0.600 bits per heavy atom. The van der Waals surface area contributed by atoms with Crippen molar-refractivity contribution in [1.29, 1.82) is 0 Å². The topological polar surface area (TPSA) is 24.7 Å². The molecule has 2 aromatic rings. The van der Waals surface area contributed by atoms with Gasteiger partial charge in [-0.15, -0.1) is 0 Å². The van der Waals surface area contributed by atoms with Crippen LogP contribution in [0.4, 0.5) is 30.8 Å². The maximum atomic E-state index is 12.5. The molecule has 20 heavy (non-hydrogen) atoms. The molecule has 108 valence electrons. The highest BCUT2D eigenvalue weighted by atomic mass is 32.5. The number of nitrogens with zero attached hydrogens (tertiary/aromatic N) is 2. The van der Waals surface area contributed by atoms with Crippen LogP contribution in [0, 0.1) is 0 Å². The van der Waals surface area contributed by atoms with Gasteiger partial charge in [-0.1, -0.05) is 37.6 Å². The highest BCUT2D eigenvalue weighted by Gasteiger charge is 2.65. The molecule has 8 heteroatoms. The van der Waals surface area contributed by atoms with Gasteiger partial charge in [0.2, 0.25) is 0 Å². The third kappa shape index (κ3) is 3.77. The van der Waals surface area contributed by atoms with Crippen LogP contribution in [0.2, 0.25) is 0 Å². The van der Waals surface area contributed by atoms with Crippen molar-refractivity contribution in [2.75, 3.05) is 0 Å². The molecule has 0 fully saturated rings. The second-order valence-corrected chi connectivity index (χ2v) is 6.41. The van der Waals surface area contributed by atoms with Crippen LogP contribution in [0.1, 0.15) is 0 Å². The fourth-order valence-corrected chi connectivity index (χ4v) is 2.03. The van der Waals surface area contributed by atoms with Crippen LogP contribution in [-0.2, 0) is 0 Å². The molecular formula is C12H9F5N2S. The van der Waals surface area contributed by atoms with E-state index in [1.54, 1.807) is 30.3 Å². The van der Waals surface area contributed by atoms with Gasteiger partial charge in [0.1, 0.15) is 4.90 Å². The van der Waals surface area contributed by atoms with Gasteiger partial charge >= 0.3 is 10.2 Å². The third-order valence-corrected chi connectivity index (χ3v) is 3.48. The van der Waals surface area contributed by atoms with Gasteiger partial charge in [0, 0.05) is 0 Å². The van der Waals surface area contributed by atoms with Crippen molar-refractivity contribution in [3.05, 3.63) is 54.6 Å². The molecule has 0 N–H and O–H groups in total. The Kier molecular flexibility index (Phi) is 2.90. The van der Waals surface area contributed by atoms with Crippen molar-refractivity contribution in [2.45, 2.75) is 4.90 Å². The number of hydrogen-bond acceptors (Lipinski definition) is 2. The van der Waals surface area contributed by atoms with Crippen molar-refractivity contribution in [2.24, 2.45) is 10.2 Å². The first kappa shape index (κ1) is 14.4. The molecule has 0 saturated heterocycles. The number of azo groups is 1. The molecule has 0 radical (unpaired) electrons. The average Bonchev–Trinajstić information content (AvgIpc) is 2.35. The first-order valence-electron chi connectivity index (χ1n) is 5.35. The van der Waals surface area contributed by atoms with Gasteiger partial charge < -0.3 is 0 Å². The lowest BCUT2D eigenvalue weighted by Crippen LogP contribution is -2.05. The first-order valence-corrected chi connectivity index (χ1v) is 7.31. The Hall–Kier alpha value is -1.96. The minimum absolute atomic E-state index is 0.0550. The summed E-state index contributed by atoms with van der Waals surface area (Å²) < 4.78 is 62.4. The number of benzene rings is 2. The fraction of sp³-hybridized carbons (Fsp3) is 0. The van der Waals surface area contributed by atoms with E-state index in [2.05, 4.69) is 10.2 Å². The molecule has 0 spiro atoms. The summed E-state index contributed by atoms with van der Waals surface area (Å²) in [5, 5.41) is 7.44. The smallest absolute Gasteiger partial charge is 0.151 e. The summed E-state index contributed by atoms with van der Waals surface area (Å²) in [6, 6.07) is 10.8. The monoisotopic (exact) mass is 308 g/mol. The van der Waals surface area contributed by atoms with Crippen LogP contribution in [0.25, 0.3) is 0 Å². The minimum Gasteiger partial charge on any atom is -0.151 e. The second-order valence-electron chi connectivity index (χ2n) is 4.00. The van der Waals surface area contributed by atoms with Crippen LogP contribution in [0.15, 0.2) is 69.7 Å². The number of hydrogen-bond donors (Lipinski definition) is 0. The van der Waals surface area contributed by atoms with Gasteiger partial charge in [-0.2, -0.15) is 10.2 Å². The van der Waals surface area contributed by atoms with Crippen LogP contribution < -0.4 is 0 Å². The Morgan fingerprint density at radius 2 is 1.05 bits per heavy atom. The van der Waals surface area contributed by atoms with Crippen molar-refractivity contribution in [3.63, 3.8) is 0 Å². The molecule has 0 aliphatic heterocycles. The van der Waals surface area contributed by atoms with E-state index in [-0.39, 0.29) is 5.69 Å². The lowest BCUT2D eigenvalue weighted by Gasteiger charge is -2.40. The molecule has 2 aromatic carbocycles. The number of rotatable bonds is 3. The highest BCUT2D eigenvalue weighted by molar-refractivity contribution is 8.45. The Labute approximate surface area is 111 Å². The molecule has 0 bridgehead atoms. The van der Waals surface area contributed by atoms with Crippen LogP contribution >= 0.6 is 10.2 Å². The summed E-state index contributed by atoms with van der Waals surface area (Å²) in [7, 11) is -9.62. The van der Waals surface area contributed by atoms with E-state index in [0.717, 1.165) is 12.1 Å². The first-order chi connectivity index (χ1) is 9.04. The normalized spacial score (nSPS) is 15.8. The van der Waals surface area contributed by atoms with Gasteiger partial charge in [0.05, 0.1) is 11.4 Å². The summed E-state index contributed by atoms with van der Waals surface area (Å²) in [4.78, 5) is -1.94. The highest BCUT2D eigenvalue weighted by Crippen LogP contribution is 3.02.